The van der Waals surface area contributed by atoms with Gasteiger partial charge in [-0.1, -0.05) is 19.1 Å². The Hall–Kier alpha value is -2.11. The summed E-state index contributed by atoms with van der Waals surface area (Å²) >= 11 is 0. The first kappa shape index (κ1) is 13.0. The average molecular weight is 238 g/mol. The lowest BCUT2D eigenvalue weighted by Gasteiger charge is -2.14. The van der Waals surface area contributed by atoms with Crippen molar-refractivity contribution < 1.29 is 14.8 Å². The van der Waals surface area contributed by atoms with Crippen molar-refractivity contribution in [1.82, 2.24) is 0 Å². The number of carbonyl (C=O) groups is 1. The van der Waals surface area contributed by atoms with E-state index in [1.165, 1.54) is 6.07 Å². The highest BCUT2D eigenvalue weighted by atomic mass is 16.6. The van der Waals surface area contributed by atoms with Gasteiger partial charge in [0.25, 0.3) is 5.69 Å². The number of benzene rings is 1. The van der Waals surface area contributed by atoms with Gasteiger partial charge in [-0.15, -0.1) is 0 Å². The first-order chi connectivity index (χ1) is 7.97. The number of nitrogens with one attached hydrogen (secondary N) is 1. The zero-order valence-corrected chi connectivity index (χ0v) is 9.64. The van der Waals surface area contributed by atoms with E-state index in [0.29, 0.717) is 12.0 Å². The standard InChI is InChI=1S/C11H14N2O4/c1-3-8(11(14)15)12-9-6-4-5-7(2)10(9)13(16)17/h4-6,8,12H,3H2,1-2H3,(H,14,15). The van der Waals surface area contributed by atoms with Gasteiger partial charge in [-0.25, -0.2) is 4.79 Å². The van der Waals surface area contributed by atoms with Crippen molar-refractivity contribution in [2.75, 3.05) is 5.32 Å². The number of nitro groups is 1. The molecule has 2 N–H and O–H groups in total. The number of nitrogens with zero attached hydrogens (tertiary/aromatic N) is 1. The van der Waals surface area contributed by atoms with Crippen LogP contribution in [-0.4, -0.2) is 22.0 Å². The van der Waals surface area contributed by atoms with E-state index in [4.69, 9.17) is 5.11 Å². The normalized spacial score (nSPS) is 11.9. The number of aryl methyl sites for hydroxylation is 1. The van der Waals surface area contributed by atoms with Gasteiger partial charge in [0.1, 0.15) is 11.7 Å². The predicted molar refractivity (Wildman–Crippen MR) is 63.2 cm³/mol. The molecule has 17 heavy (non-hydrogen) atoms. The Balaban J connectivity index is 3.10. The molecule has 0 aromatic heterocycles. The van der Waals surface area contributed by atoms with Gasteiger partial charge < -0.3 is 10.4 Å². The minimum Gasteiger partial charge on any atom is -0.480 e. The van der Waals surface area contributed by atoms with Gasteiger partial charge in [0, 0.05) is 5.56 Å². The van der Waals surface area contributed by atoms with Gasteiger partial charge in [-0.2, -0.15) is 0 Å². The fourth-order valence-electron chi connectivity index (χ4n) is 1.54. The molecule has 1 atom stereocenters. The molecule has 1 aromatic carbocycles. The second-order valence-corrected chi connectivity index (χ2v) is 3.67. The number of hydrogen-bond donors (Lipinski definition) is 2. The molecule has 0 aliphatic rings. The molecular formula is C11H14N2O4. The second-order valence-electron chi connectivity index (χ2n) is 3.67. The maximum atomic E-state index is 10.9. The van der Waals surface area contributed by atoms with Crippen LogP contribution < -0.4 is 5.32 Å². The summed E-state index contributed by atoms with van der Waals surface area (Å²) < 4.78 is 0. The van der Waals surface area contributed by atoms with E-state index in [1.54, 1.807) is 26.0 Å². The molecule has 1 rings (SSSR count). The second kappa shape index (κ2) is 5.29. The number of carboxylic acids is 1. The SMILES string of the molecule is CCC(Nc1cccc(C)c1[N+](=O)[O-])C(=O)O. The predicted octanol–water partition coefficient (Wildman–Crippen LogP) is 2.18. The van der Waals surface area contributed by atoms with Crippen molar-refractivity contribution in [2.45, 2.75) is 26.3 Å². The van der Waals surface area contributed by atoms with E-state index in [1.807, 2.05) is 0 Å². The molecule has 0 saturated heterocycles. The molecule has 0 aliphatic heterocycles. The summed E-state index contributed by atoms with van der Waals surface area (Å²) in [6.45, 7) is 3.32. The number of carboxylic acid groups (broad SMARTS) is 1. The van der Waals surface area contributed by atoms with Crippen molar-refractivity contribution >= 4 is 17.3 Å². The van der Waals surface area contributed by atoms with E-state index >= 15 is 0 Å². The molecule has 1 aromatic rings. The summed E-state index contributed by atoms with van der Waals surface area (Å²) in [5.74, 6) is -1.02. The van der Waals surface area contributed by atoms with Gasteiger partial charge in [-0.05, 0) is 19.4 Å². The van der Waals surface area contributed by atoms with Crippen LogP contribution in [0.25, 0.3) is 0 Å². The summed E-state index contributed by atoms with van der Waals surface area (Å²) in [4.78, 5) is 21.3. The summed E-state index contributed by atoms with van der Waals surface area (Å²) in [6.07, 6.45) is 0.348. The third kappa shape index (κ3) is 2.93. The third-order valence-electron chi connectivity index (χ3n) is 2.46. The average Bonchev–Trinajstić information content (AvgIpc) is 2.24. The summed E-state index contributed by atoms with van der Waals surface area (Å²) in [5.41, 5.74) is 0.664. The van der Waals surface area contributed by atoms with Crippen LogP contribution in [0.4, 0.5) is 11.4 Å². The van der Waals surface area contributed by atoms with E-state index < -0.39 is 16.9 Å². The van der Waals surface area contributed by atoms with Crippen LogP contribution in [0.5, 0.6) is 0 Å². The lowest BCUT2D eigenvalue weighted by molar-refractivity contribution is -0.384. The van der Waals surface area contributed by atoms with Crippen LogP contribution >= 0.6 is 0 Å². The van der Waals surface area contributed by atoms with E-state index in [9.17, 15) is 14.9 Å². The molecule has 6 heteroatoms. The first-order valence-corrected chi connectivity index (χ1v) is 5.20. The number of aliphatic carboxylic acids is 1. The molecule has 0 fully saturated rings. The van der Waals surface area contributed by atoms with Crippen LogP contribution in [0, 0.1) is 17.0 Å². The minimum absolute atomic E-state index is 0.0767. The summed E-state index contributed by atoms with van der Waals surface area (Å²) in [5, 5.41) is 22.5. The lowest BCUT2D eigenvalue weighted by Crippen LogP contribution is -2.28. The Bertz CT molecular complexity index is 445. The molecular weight excluding hydrogens is 224 g/mol. The molecule has 0 saturated carbocycles. The Morgan fingerprint density at radius 3 is 2.71 bits per heavy atom. The number of para-hydroxylation sites is 1. The van der Waals surface area contributed by atoms with Crippen molar-refractivity contribution in [1.29, 1.82) is 0 Å². The van der Waals surface area contributed by atoms with Crippen molar-refractivity contribution in [3.63, 3.8) is 0 Å². The zero-order chi connectivity index (χ0) is 13.0. The largest absolute Gasteiger partial charge is 0.480 e. The topological polar surface area (TPSA) is 92.5 Å². The smallest absolute Gasteiger partial charge is 0.326 e. The summed E-state index contributed by atoms with van der Waals surface area (Å²) in [6, 6.07) is 3.96. The number of hydrogen-bond acceptors (Lipinski definition) is 4. The van der Waals surface area contributed by atoms with E-state index in [-0.39, 0.29) is 11.4 Å². The third-order valence-corrected chi connectivity index (χ3v) is 2.46. The highest BCUT2D eigenvalue weighted by Gasteiger charge is 2.21. The minimum atomic E-state index is -1.02. The molecule has 1 unspecified atom stereocenters. The van der Waals surface area contributed by atoms with Crippen LogP contribution in [0.3, 0.4) is 0 Å². The fourth-order valence-corrected chi connectivity index (χ4v) is 1.54. The Kier molecular flexibility index (Phi) is 4.03. The molecule has 0 heterocycles. The number of rotatable bonds is 5. The van der Waals surface area contributed by atoms with Crippen LogP contribution in [0.2, 0.25) is 0 Å². The van der Waals surface area contributed by atoms with Crippen LogP contribution in [0.15, 0.2) is 18.2 Å². The van der Waals surface area contributed by atoms with Crippen LogP contribution in [-0.2, 0) is 4.79 Å². The molecule has 0 amide bonds. The van der Waals surface area contributed by atoms with Crippen molar-refractivity contribution in [2.24, 2.45) is 0 Å². The summed E-state index contributed by atoms with van der Waals surface area (Å²) in [7, 11) is 0. The molecule has 6 nitrogen and oxygen atoms in total. The maximum Gasteiger partial charge on any atom is 0.326 e. The van der Waals surface area contributed by atoms with E-state index in [2.05, 4.69) is 5.32 Å². The Morgan fingerprint density at radius 2 is 2.24 bits per heavy atom. The van der Waals surface area contributed by atoms with Crippen molar-refractivity contribution in [3.05, 3.63) is 33.9 Å². The highest BCUT2D eigenvalue weighted by molar-refractivity contribution is 5.79. The monoisotopic (exact) mass is 238 g/mol. The Morgan fingerprint density at radius 1 is 1.59 bits per heavy atom. The van der Waals surface area contributed by atoms with E-state index in [0.717, 1.165) is 0 Å². The molecule has 0 aliphatic carbocycles. The van der Waals surface area contributed by atoms with Gasteiger partial charge in [0.2, 0.25) is 0 Å². The van der Waals surface area contributed by atoms with Gasteiger partial charge in [-0.3, -0.25) is 10.1 Å². The zero-order valence-electron chi connectivity index (χ0n) is 9.64. The van der Waals surface area contributed by atoms with Gasteiger partial charge >= 0.3 is 5.97 Å². The molecule has 92 valence electrons. The maximum absolute atomic E-state index is 10.9. The number of nitro benzene ring substituents is 1. The molecule has 0 bridgehead atoms. The number of anilines is 1. The highest BCUT2D eigenvalue weighted by Crippen LogP contribution is 2.28. The fraction of sp³-hybridized carbons (Fsp3) is 0.364. The molecule has 0 radical (unpaired) electrons. The molecule has 0 spiro atoms. The van der Waals surface area contributed by atoms with Crippen LogP contribution in [0.1, 0.15) is 18.9 Å². The van der Waals surface area contributed by atoms with Crippen molar-refractivity contribution in [3.8, 4) is 0 Å². The quantitative estimate of drug-likeness (QED) is 0.605. The first-order valence-electron chi connectivity index (χ1n) is 5.20. The van der Waals surface area contributed by atoms with Gasteiger partial charge in [0.15, 0.2) is 0 Å². The lowest BCUT2D eigenvalue weighted by atomic mass is 10.1. The van der Waals surface area contributed by atoms with Gasteiger partial charge in [0.05, 0.1) is 4.92 Å². The Labute approximate surface area is 98.4 Å².